The number of carbonyl (C=O) groups excluding carboxylic acids is 1. The number of hydrogen-bond donors (Lipinski definition) is 8. The lowest BCUT2D eigenvalue weighted by molar-refractivity contribution is -0.120. The third-order valence-corrected chi connectivity index (χ3v) is 4.34. The van der Waals surface area contributed by atoms with Crippen LogP contribution in [0.1, 0.15) is 27.0 Å². The van der Waals surface area contributed by atoms with Gasteiger partial charge in [0.05, 0.1) is 12.4 Å². The molecule has 0 radical (unpaired) electrons. The Labute approximate surface area is 173 Å². The summed E-state index contributed by atoms with van der Waals surface area (Å²) in [7, 11) is -1.92. The van der Waals surface area contributed by atoms with Crippen LogP contribution in [-0.2, 0) is 24.2 Å². The topological polar surface area (TPSA) is 189 Å². The highest BCUT2D eigenvalue weighted by molar-refractivity contribution is 6.43. The molecular formula is C19H23BN4O6. The van der Waals surface area contributed by atoms with Crippen LogP contribution in [0, 0.1) is 5.41 Å². The largest absolute Gasteiger partial charge is 0.507 e. The van der Waals surface area contributed by atoms with Crippen molar-refractivity contribution in [2.45, 2.75) is 25.3 Å². The van der Waals surface area contributed by atoms with Crippen molar-refractivity contribution in [1.29, 1.82) is 5.41 Å². The number of hydrogen-bond acceptors (Lipinski definition) is 6. The highest BCUT2D eigenvalue weighted by Gasteiger charge is 2.27. The second kappa shape index (κ2) is 10.3. The minimum Gasteiger partial charge on any atom is -0.507 e. The van der Waals surface area contributed by atoms with Crippen molar-refractivity contribution >= 4 is 25.0 Å². The molecule has 9 N–H and O–H groups in total. The summed E-state index contributed by atoms with van der Waals surface area (Å²) in [5.74, 6) is -3.63. The molecule has 0 unspecified atom stereocenters. The predicted octanol–water partition coefficient (Wildman–Crippen LogP) is -0.645. The molecule has 1 atom stereocenters. The number of carbonyl (C=O) groups is 2. The van der Waals surface area contributed by atoms with Gasteiger partial charge in [0, 0.05) is 6.54 Å². The van der Waals surface area contributed by atoms with Crippen molar-refractivity contribution in [3.63, 3.8) is 0 Å². The fraction of sp³-hybridized carbons (Fsp3) is 0.211. The van der Waals surface area contributed by atoms with E-state index in [0.29, 0.717) is 12.1 Å². The zero-order chi connectivity index (χ0) is 22.3. The highest BCUT2D eigenvalue weighted by atomic mass is 16.4. The lowest BCUT2D eigenvalue weighted by Gasteiger charge is -2.19. The average Bonchev–Trinajstić information content (AvgIpc) is 2.67. The van der Waals surface area contributed by atoms with Gasteiger partial charge >= 0.3 is 13.1 Å². The zero-order valence-corrected chi connectivity index (χ0v) is 16.0. The van der Waals surface area contributed by atoms with Gasteiger partial charge in [0.1, 0.15) is 11.3 Å². The summed E-state index contributed by atoms with van der Waals surface area (Å²) in [6.07, 6.45) is -0.225. The molecule has 2 aromatic carbocycles. The molecule has 0 aliphatic rings. The summed E-state index contributed by atoms with van der Waals surface area (Å²) in [6.45, 7) is 0.321. The Morgan fingerprint density at radius 3 is 2.43 bits per heavy atom. The Kier molecular flexibility index (Phi) is 7.79. The second-order valence-electron chi connectivity index (χ2n) is 6.67. The molecule has 1 amide bonds. The molecule has 0 spiro atoms. The molecule has 0 aromatic heterocycles. The van der Waals surface area contributed by atoms with Crippen LogP contribution in [-0.4, -0.2) is 51.2 Å². The minimum atomic E-state index is -1.92. The first-order valence-electron chi connectivity index (χ1n) is 9.02. The number of nitrogens with two attached hydrogens (primary N) is 1. The molecule has 158 valence electrons. The molecule has 30 heavy (non-hydrogen) atoms. The summed E-state index contributed by atoms with van der Waals surface area (Å²) >= 11 is 0. The van der Waals surface area contributed by atoms with E-state index in [0.717, 1.165) is 5.56 Å². The van der Waals surface area contributed by atoms with E-state index in [1.807, 2.05) is 0 Å². The van der Waals surface area contributed by atoms with Crippen LogP contribution in [0.3, 0.4) is 0 Å². The van der Waals surface area contributed by atoms with Crippen molar-refractivity contribution in [3.05, 3.63) is 64.7 Å². The SMILES string of the molecule is N=C(N)NCc1cccc(CC(=O)N[C@@H](Cc2cccc(C(=O)O)c2O)B(O)O)c1. The lowest BCUT2D eigenvalue weighted by atomic mass is 9.75. The van der Waals surface area contributed by atoms with Gasteiger partial charge in [-0.25, -0.2) is 4.79 Å². The van der Waals surface area contributed by atoms with Crippen molar-refractivity contribution in [2.75, 3.05) is 0 Å². The Hall–Kier alpha value is -3.57. The smallest absolute Gasteiger partial charge is 0.475 e. The molecule has 10 nitrogen and oxygen atoms in total. The van der Waals surface area contributed by atoms with E-state index < -0.39 is 30.7 Å². The molecule has 11 heteroatoms. The number of benzene rings is 2. The maximum Gasteiger partial charge on any atom is 0.475 e. The maximum atomic E-state index is 12.4. The predicted molar refractivity (Wildman–Crippen MR) is 110 cm³/mol. The number of guanidine groups is 1. The van der Waals surface area contributed by atoms with Crippen LogP contribution in [0.25, 0.3) is 0 Å². The maximum absolute atomic E-state index is 12.4. The number of rotatable bonds is 9. The van der Waals surface area contributed by atoms with E-state index in [-0.39, 0.29) is 29.9 Å². The average molecular weight is 414 g/mol. The van der Waals surface area contributed by atoms with E-state index >= 15 is 0 Å². The number of amides is 1. The Morgan fingerprint density at radius 2 is 1.80 bits per heavy atom. The van der Waals surface area contributed by atoms with Crippen molar-refractivity contribution in [1.82, 2.24) is 10.6 Å². The summed E-state index contributed by atoms with van der Waals surface area (Å²) in [6, 6.07) is 11.1. The van der Waals surface area contributed by atoms with Gasteiger partial charge in [-0.15, -0.1) is 0 Å². The van der Waals surface area contributed by atoms with Crippen molar-refractivity contribution < 1.29 is 29.9 Å². The van der Waals surface area contributed by atoms with Crippen LogP contribution in [0.4, 0.5) is 0 Å². The standard InChI is InChI=1S/C19H23BN4O6/c21-19(22)23-10-12-4-1-3-11(7-12)8-16(25)24-15(20(29)30)9-13-5-2-6-14(17(13)26)18(27)28/h1-7,15,26,29-30H,8-10H2,(H,24,25)(H,27,28)(H4,21,22,23)/t15-/m0/s1. The van der Waals surface area contributed by atoms with Gasteiger partial charge < -0.3 is 36.6 Å². The van der Waals surface area contributed by atoms with Gasteiger partial charge in [-0.2, -0.15) is 0 Å². The van der Waals surface area contributed by atoms with Gasteiger partial charge in [0.15, 0.2) is 5.96 Å². The molecule has 0 saturated heterocycles. The van der Waals surface area contributed by atoms with Crippen molar-refractivity contribution in [3.8, 4) is 5.75 Å². The first-order valence-corrected chi connectivity index (χ1v) is 9.02. The number of phenols is 1. The normalized spacial score (nSPS) is 11.4. The molecule has 0 fully saturated rings. The first kappa shape index (κ1) is 22.7. The summed E-state index contributed by atoms with van der Waals surface area (Å²) in [5.41, 5.74) is 6.57. The lowest BCUT2D eigenvalue weighted by Crippen LogP contribution is -2.48. The quantitative estimate of drug-likeness (QED) is 0.151. The molecule has 0 aliphatic carbocycles. The van der Waals surface area contributed by atoms with E-state index in [2.05, 4.69) is 10.6 Å². The third kappa shape index (κ3) is 6.50. The Balaban J connectivity index is 2.06. The number of aromatic carboxylic acids is 1. The van der Waals surface area contributed by atoms with E-state index in [4.69, 9.17) is 16.2 Å². The monoisotopic (exact) mass is 414 g/mol. The molecule has 2 aromatic rings. The van der Waals surface area contributed by atoms with E-state index in [1.165, 1.54) is 18.2 Å². The number of carboxylic acids is 1. The second-order valence-corrected chi connectivity index (χ2v) is 6.67. The van der Waals surface area contributed by atoms with Crippen LogP contribution in [0.2, 0.25) is 0 Å². The zero-order valence-electron chi connectivity index (χ0n) is 16.0. The van der Waals surface area contributed by atoms with Gasteiger partial charge in [-0.05, 0) is 29.2 Å². The van der Waals surface area contributed by atoms with Crippen LogP contribution >= 0.6 is 0 Å². The fourth-order valence-electron chi connectivity index (χ4n) is 2.89. The Bertz CT molecular complexity index is 937. The van der Waals surface area contributed by atoms with Crippen LogP contribution in [0.5, 0.6) is 5.75 Å². The van der Waals surface area contributed by atoms with Gasteiger partial charge in [-0.3, -0.25) is 10.2 Å². The van der Waals surface area contributed by atoms with Gasteiger partial charge in [-0.1, -0.05) is 36.4 Å². The number of carboxylic acid groups (broad SMARTS) is 1. The fourth-order valence-corrected chi connectivity index (χ4v) is 2.89. The number of nitrogens with one attached hydrogen (secondary N) is 3. The van der Waals surface area contributed by atoms with Crippen LogP contribution in [0.15, 0.2) is 42.5 Å². The number of para-hydroxylation sites is 1. The first-order chi connectivity index (χ1) is 14.2. The summed E-state index contributed by atoms with van der Waals surface area (Å²) in [4.78, 5) is 23.5. The van der Waals surface area contributed by atoms with E-state index in [1.54, 1.807) is 24.3 Å². The van der Waals surface area contributed by atoms with E-state index in [9.17, 15) is 24.7 Å². The number of aromatic hydroxyl groups is 1. The molecule has 0 bridgehead atoms. The highest BCUT2D eigenvalue weighted by Crippen LogP contribution is 2.24. The van der Waals surface area contributed by atoms with Gasteiger partial charge in [0.2, 0.25) is 5.91 Å². The molecule has 0 heterocycles. The van der Waals surface area contributed by atoms with Gasteiger partial charge in [0.25, 0.3) is 0 Å². The Morgan fingerprint density at radius 1 is 1.13 bits per heavy atom. The minimum absolute atomic E-state index is 0.0434. The summed E-state index contributed by atoms with van der Waals surface area (Å²) < 4.78 is 0. The van der Waals surface area contributed by atoms with Crippen molar-refractivity contribution in [2.24, 2.45) is 5.73 Å². The molecule has 2 rings (SSSR count). The van der Waals surface area contributed by atoms with Crippen LogP contribution < -0.4 is 16.4 Å². The summed E-state index contributed by atoms with van der Waals surface area (Å²) in [5, 5.41) is 50.8. The molecule has 0 aliphatic heterocycles. The molecular weight excluding hydrogens is 391 g/mol. The third-order valence-electron chi connectivity index (χ3n) is 4.34. The molecule has 0 saturated carbocycles.